The first kappa shape index (κ1) is 61.3. The summed E-state index contributed by atoms with van der Waals surface area (Å²) in [7, 11) is 0. The first-order chi connectivity index (χ1) is 38.0. The van der Waals surface area contributed by atoms with E-state index in [-0.39, 0.29) is 34.3 Å². The van der Waals surface area contributed by atoms with Gasteiger partial charge in [0.25, 0.3) is 0 Å². The summed E-state index contributed by atoms with van der Waals surface area (Å²) in [6.07, 6.45) is -9.38. The van der Waals surface area contributed by atoms with Gasteiger partial charge in [-0.15, -0.1) is 0 Å². The molecule has 0 atom stereocenters. The van der Waals surface area contributed by atoms with Crippen molar-refractivity contribution in [2.75, 3.05) is 0 Å². The Morgan fingerprint density at radius 1 is 0.346 bits per heavy atom. The number of aryl methyl sites for hydroxylation is 2. The summed E-state index contributed by atoms with van der Waals surface area (Å²) in [6.45, 7) is 4.12. The van der Waals surface area contributed by atoms with Crippen LogP contribution in [0.5, 0.6) is 11.5 Å². The van der Waals surface area contributed by atoms with E-state index in [4.69, 9.17) is 23.2 Å². The highest BCUT2D eigenvalue weighted by molar-refractivity contribution is 6.34. The minimum atomic E-state index is -5.49. The largest absolute Gasteiger partial charge is 0.432 e. The average molecular weight is 1190 g/mol. The summed E-state index contributed by atoms with van der Waals surface area (Å²) >= 11 is 12.5. The van der Waals surface area contributed by atoms with Gasteiger partial charge in [-0.25, -0.2) is 48.3 Å². The number of halogens is 20. The predicted octanol–water partition coefficient (Wildman–Crippen LogP) is 20.8. The van der Waals surface area contributed by atoms with E-state index in [1.54, 1.807) is 24.3 Å². The van der Waals surface area contributed by atoms with E-state index >= 15 is 8.78 Å². The summed E-state index contributed by atoms with van der Waals surface area (Å²) in [6, 6.07) is 20.7. The SMILES string of the molecule is CCCCCc1ccc(-c2cc(F)c(-c3cc(F)c(C(F)(F)Oc4cc(F)c(C(F)(F)F)c(F)c4)c(F)c3)c(Cl)c2)cc1.CCCc1ccc(-c2cc(F)c(-c3cc(F)c(C(F)(F)Oc4cc(F)c(F)c(F)c4)c(F)c3)c(Cl)c2)cc1. The molecule has 8 aromatic carbocycles. The minimum absolute atomic E-state index is 0.0879. The standard InChI is InChI=1S/C31H21ClF10O.C28H17ClF8O/c1-2-3-4-5-16-6-8-17(9-7-16)18-10-21(32)27(22(33)11-18)19-12-23(34)29(24(35)13-19)31(41,42)43-20-14-25(36)28(26(37)15-20)30(38,39)40;1-2-3-14-4-6-15(7-5-14)16-8-19(29)25(20(30)9-16)17-10-21(31)26(22(32)11-17)28(36,37)38-18-12-23(33)27(35)24(34)13-18/h6-15H,2-5H2,1H3;4-13H,2-3H2,1H3. The van der Waals surface area contributed by atoms with Gasteiger partial charge < -0.3 is 9.47 Å². The third-order valence-electron chi connectivity index (χ3n) is 12.3. The lowest BCUT2D eigenvalue weighted by molar-refractivity contribution is -0.190. The maximum Gasteiger partial charge on any atom is 0.432 e. The van der Waals surface area contributed by atoms with Gasteiger partial charge >= 0.3 is 18.4 Å². The fourth-order valence-corrected chi connectivity index (χ4v) is 9.12. The maximum atomic E-state index is 15.2. The Hall–Kier alpha value is -7.32. The molecule has 8 aromatic rings. The van der Waals surface area contributed by atoms with Gasteiger partial charge in [0, 0.05) is 35.4 Å². The van der Waals surface area contributed by atoms with Crippen LogP contribution in [0.3, 0.4) is 0 Å². The van der Waals surface area contributed by atoms with Crippen molar-refractivity contribution in [3.05, 3.63) is 223 Å². The number of hydrogen-bond acceptors (Lipinski definition) is 2. The molecule has 0 heterocycles. The first-order valence-corrected chi connectivity index (χ1v) is 24.8. The van der Waals surface area contributed by atoms with Crippen LogP contribution in [0.2, 0.25) is 10.0 Å². The zero-order valence-electron chi connectivity index (χ0n) is 41.7. The predicted molar refractivity (Wildman–Crippen MR) is 268 cm³/mol. The molecule has 0 fully saturated rings. The minimum Gasteiger partial charge on any atom is -0.429 e. The highest BCUT2D eigenvalue weighted by Gasteiger charge is 2.44. The normalized spacial score (nSPS) is 11.9. The van der Waals surface area contributed by atoms with Crippen LogP contribution in [0.25, 0.3) is 44.5 Å². The monoisotopic (exact) mass is 1190 g/mol. The van der Waals surface area contributed by atoms with Crippen LogP contribution in [0.4, 0.5) is 79.0 Å². The van der Waals surface area contributed by atoms with Crippen molar-refractivity contribution < 1.29 is 88.5 Å². The van der Waals surface area contributed by atoms with Crippen LogP contribution in [0.15, 0.2) is 121 Å². The molecular weight excluding hydrogens is 1150 g/mol. The molecule has 0 saturated carbocycles. The molecule has 0 unspecified atom stereocenters. The van der Waals surface area contributed by atoms with Crippen molar-refractivity contribution in [1.82, 2.24) is 0 Å². The smallest absolute Gasteiger partial charge is 0.429 e. The Balaban J connectivity index is 0.000000235. The molecule has 0 aliphatic carbocycles. The molecule has 81 heavy (non-hydrogen) atoms. The first-order valence-electron chi connectivity index (χ1n) is 24.0. The molecular formula is C59H38Cl2F18O2. The summed E-state index contributed by atoms with van der Waals surface area (Å²) in [5.41, 5.74) is -4.14. The number of unbranched alkanes of at least 4 members (excludes halogenated alkanes) is 2. The van der Waals surface area contributed by atoms with Gasteiger partial charge in [-0.3, -0.25) is 0 Å². The second kappa shape index (κ2) is 24.8. The topological polar surface area (TPSA) is 18.5 Å². The molecule has 0 saturated heterocycles. The number of alkyl halides is 7. The molecule has 8 rings (SSSR count). The number of ether oxygens (including phenoxy) is 2. The van der Waals surface area contributed by atoms with E-state index in [2.05, 4.69) is 16.4 Å². The van der Waals surface area contributed by atoms with Gasteiger partial charge in [0.1, 0.15) is 74.7 Å². The quantitative estimate of drug-likeness (QED) is 0.0545. The third-order valence-corrected chi connectivity index (χ3v) is 12.9. The second-order valence-electron chi connectivity index (χ2n) is 18.1. The van der Waals surface area contributed by atoms with E-state index in [0.717, 1.165) is 61.8 Å². The van der Waals surface area contributed by atoms with Gasteiger partial charge in [0.15, 0.2) is 17.5 Å². The molecule has 22 heteroatoms. The van der Waals surface area contributed by atoms with Crippen LogP contribution in [-0.2, 0) is 31.2 Å². The second-order valence-corrected chi connectivity index (χ2v) is 18.9. The van der Waals surface area contributed by atoms with Gasteiger partial charge in [-0.1, -0.05) is 105 Å². The summed E-state index contributed by atoms with van der Waals surface area (Å²) in [4.78, 5) is 0. The molecule has 0 spiro atoms. The maximum absolute atomic E-state index is 15.2. The number of rotatable bonds is 16. The summed E-state index contributed by atoms with van der Waals surface area (Å²) in [5, 5.41) is -0.517. The molecule has 0 amide bonds. The molecule has 2 nitrogen and oxygen atoms in total. The van der Waals surface area contributed by atoms with Crippen molar-refractivity contribution in [3.63, 3.8) is 0 Å². The van der Waals surface area contributed by atoms with E-state index in [9.17, 15) is 70.2 Å². The lowest BCUT2D eigenvalue weighted by atomic mass is 9.97. The van der Waals surface area contributed by atoms with Crippen molar-refractivity contribution in [2.24, 2.45) is 0 Å². The zero-order valence-corrected chi connectivity index (χ0v) is 43.2. The highest BCUT2D eigenvalue weighted by atomic mass is 35.5. The van der Waals surface area contributed by atoms with Crippen molar-refractivity contribution >= 4 is 23.2 Å². The average Bonchev–Trinajstić information content (AvgIpc) is 3.37. The van der Waals surface area contributed by atoms with E-state index in [1.165, 1.54) is 12.1 Å². The molecule has 0 aromatic heterocycles. The molecule has 0 aliphatic rings. The Labute approximate surface area is 460 Å². The molecule has 0 aliphatic heterocycles. The van der Waals surface area contributed by atoms with Crippen LogP contribution in [0.1, 0.15) is 67.3 Å². The Morgan fingerprint density at radius 2 is 0.679 bits per heavy atom. The van der Waals surface area contributed by atoms with Gasteiger partial charge in [0.2, 0.25) is 0 Å². The van der Waals surface area contributed by atoms with E-state index in [1.807, 2.05) is 31.2 Å². The molecule has 0 N–H and O–H groups in total. The Kier molecular flexibility index (Phi) is 18.8. The number of benzene rings is 8. The lowest BCUT2D eigenvalue weighted by Gasteiger charge is -2.21. The summed E-state index contributed by atoms with van der Waals surface area (Å²) < 4.78 is 262. The molecule has 426 valence electrons. The van der Waals surface area contributed by atoms with Crippen molar-refractivity contribution in [3.8, 4) is 56.0 Å². The van der Waals surface area contributed by atoms with Crippen molar-refractivity contribution in [2.45, 2.75) is 70.8 Å². The fraction of sp³-hybridized carbons (Fsp3) is 0.186. The van der Waals surface area contributed by atoms with Crippen molar-refractivity contribution in [1.29, 1.82) is 0 Å². The van der Waals surface area contributed by atoms with Gasteiger partial charge in [-0.05, 0) is 112 Å². The van der Waals surface area contributed by atoms with Crippen LogP contribution in [0, 0.1) is 64.0 Å². The van der Waals surface area contributed by atoms with Gasteiger partial charge in [0.05, 0.1) is 10.0 Å². The van der Waals surface area contributed by atoms with Crippen LogP contribution in [-0.4, -0.2) is 0 Å². The van der Waals surface area contributed by atoms with Crippen LogP contribution < -0.4 is 9.47 Å². The third kappa shape index (κ3) is 14.1. The lowest BCUT2D eigenvalue weighted by Crippen LogP contribution is -2.25. The molecule has 0 radical (unpaired) electrons. The van der Waals surface area contributed by atoms with E-state index in [0.29, 0.717) is 46.5 Å². The molecule has 0 bridgehead atoms. The fourth-order valence-electron chi connectivity index (χ4n) is 8.49. The number of hydrogen-bond donors (Lipinski definition) is 0. The Morgan fingerprint density at radius 3 is 1.01 bits per heavy atom. The van der Waals surface area contributed by atoms with E-state index < -0.39 is 133 Å². The summed E-state index contributed by atoms with van der Waals surface area (Å²) in [5.74, 6) is -22.5. The Bertz CT molecular complexity index is 3470. The van der Waals surface area contributed by atoms with Crippen LogP contribution >= 0.6 is 23.2 Å². The van der Waals surface area contributed by atoms with Gasteiger partial charge in [-0.2, -0.15) is 30.7 Å². The zero-order chi connectivity index (χ0) is 59.5. The highest BCUT2D eigenvalue weighted by Crippen LogP contribution is 2.44.